The van der Waals surface area contributed by atoms with Crippen LogP contribution in [0.25, 0.3) is 11.0 Å². The van der Waals surface area contributed by atoms with E-state index < -0.39 is 0 Å². The molecule has 0 saturated heterocycles. The van der Waals surface area contributed by atoms with Crippen molar-refractivity contribution in [1.82, 2.24) is 14.9 Å². The Hall–Kier alpha value is -2.27. The highest BCUT2D eigenvalue weighted by atomic mass is 32.2. The van der Waals surface area contributed by atoms with E-state index in [1.165, 1.54) is 5.56 Å². The van der Waals surface area contributed by atoms with Gasteiger partial charge in [-0.3, -0.25) is 4.79 Å². The molecule has 0 radical (unpaired) electrons. The first-order valence-corrected chi connectivity index (χ1v) is 9.15. The molecule has 1 aliphatic heterocycles. The fraction of sp³-hybridized carbons (Fsp3) is 0.263. The van der Waals surface area contributed by atoms with Crippen molar-refractivity contribution in [2.24, 2.45) is 0 Å². The summed E-state index contributed by atoms with van der Waals surface area (Å²) in [7, 11) is 1.85. The summed E-state index contributed by atoms with van der Waals surface area (Å²) < 4.78 is 0. The van der Waals surface area contributed by atoms with E-state index >= 15 is 0 Å². The number of benzene rings is 2. The Bertz CT molecular complexity index is 856. The predicted molar refractivity (Wildman–Crippen MR) is 97.9 cm³/mol. The van der Waals surface area contributed by atoms with Crippen molar-refractivity contribution < 1.29 is 4.79 Å². The van der Waals surface area contributed by atoms with Crippen molar-refractivity contribution in [3.8, 4) is 0 Å². The maximum absolute atomic E-state index is 12.9. The molecule has 2 heterocycles. The van der Waals surface area contributed by atoms with Gasteiger partial charge in [0.25, 0.3) is 0 Å². The molecule has 0 bridgehead atoms. The Morgan fingerprint density at radius 1 is 1.25 bits per heavy atom. The van der Waals surface area contributed by atoms with Crippen LogP contribution in [0.2, 0.25) is 0 Å². The molecule has 5 heteroatoms. The van der Waals surface area contributed by atoms with Gasteiger partial charge in [-0.25, -0.2) is 4.98 Å². The van der Waals surface area contributed by atoms with Crippen LogP contribution < -0.4 is 0 Å². The topological polar surface area (TPSA) is 49.0 Å². The summed E-state index contributed by atoms with van der Waals surface area (Å²) in [6, 6.07) is 16.2. The summed E-state index contributed by atoms with van der Waals surface area (Å²) in [5.41, 5.74) is 4.40. The van der Waals surface area contributed by atoms with Crippen molar-refractivity contribution in [1.29, 1.82) is 0 Å². The number of aromatic amines is 1. The smallest absolute Gasteiger partial charge is 0.240 e. The molecule has 1 aliphatic rings. The van der Waals surface area contributed by atoms with E-state index in [0.717, 1.165) is 34.6 Å². The monoisotopic (exact) mass is 337 g/mol. The number of aryl methyl sites for hydroxylation is 1. The normalized spacial score (nSPS) is 16.8. The number of aromatic nitrogens is 2. The van der Waals surface area contributed by atoms with Gasteiger partial charge in [-0.15, -0.1) is 11.8 Å². The van der Waals surface area contributed by atoms with Gasteiger partial charge in [0, 0.05) is 7.05 Å². The fourth-order valence-electron chi connectivity index (χ4n) is 3.18. The number of nitrogens with zero attached hydrogens (tertiary/aromatic N) is 2. The van der Waals surface area contributed by atoms with Crippen molar-refractivity contribution in [2.45, 2.75) is 18.2 Å². The number of likely N-dealkylation sites (N-methyl/N-ethyl adjacent to an activating group) is 1. The van der Waals surface area contributed by atoms with Crippen molar-refractivity contribution in [2.75, 3.05) is 12.8 Å². The molecule has 1 N–H and O–H groups in total. The first-order chi connectivity index (χ1) is 11.7. The van der Waals surface area contributed by atoms with Crippen LogP contribution in [0.4, 0.5) is 0 Å². The average molecular weight is 337 g/mol. The summed E-state index contributed by atoms with van der Waals surface area (Å²) in [5, 5.41) is -0.107. The Morgan fingerprint density at radius 2 is 2.04 bits per heavy atom. The standard InChI is InChI=1S/C19H19N3OS/c1-22(12-17-20-15-8-4-5-9-16(15)21-17)19(23)18-14-7-3-2-6-13(14)10-11-24-18/h2-9,18H,10-12H2,1H3,(H,20,21)/t18-/m1/s1. The van der Waals surface area contributed by atoms with Crippen LogP contribution in [-0.2, 0) is 17.8 Å². The van der Waals surface area contributed by atoms with Gasteiger partial charge in [0.05, 0.1) is 17.6 Å². The molecule has 24 heavy (non-hydrogen) atoms. The molecule has 0 unspecified atom stereocenters. The van der Waals surface area contributed by atoms with E-state index in [1.54, 1.807) is 16.7 Å². The zero-order chi connectivity index (χ0) is 16.5. The SMILES string of the molecule is CN(Cc1nc2ccccc2[nH]1)C(=O)[C@@H]1SCCc2ccccc21. The number of carbonyl (C=O) groups excluding carboxylic acids is 1. The molecule has 0 spiro atoms. The summed E-state index contributed by atoms with van der Waals surface area (Å²) >= 11 is 1.74. The van der Waals surface area contributed by atoms with Gasteiger partial charge in [0.15, 0.2) is 0 Å². The van der Waals surface area contributed by atoms with Gasteiger partial charge in [-0.1, -0.05) is 36.4 Å². The number of imidazole rings is 1. The maximum Gasteiger partial charge on any atom is 0.240 e. The lowest BCUT2D eigenvalue weighted by Crippen LogP contribution is -2.32. The van der Waals surface area contributed by atoms with Gasteiger partial charge >= 0.3 is 0 Å². The number of rotatable bonds is 3. The van der Waals surface area contributed by atoms with Gasteiger partial charge < -0.3 is 9.88 Å². The summed E-state index contributed by atoms with van der Waals surface area (Å²) in [6.07, 6.45) is 1.04. The van der Waals surface area contributed by atoms with Crippen molar-refractivity contribution in [3.05, 3.63) is 65.5 Å². The van der Waals surface area contributed by atoms with Crippen LogP contribution in [0.5, 0.6) is 0 Å². The van der Waals surface area contributed by atoms with E-state index in [2.05, 4.69) is 28.2 Å². The lowest BCUT2D eigenvalue weighted by molar-refractivity contribution is -0.130. The van der Waals surface area contributed by atoms with E-state index in [4.69, 9.17) is 0 Å². The molecular weight excluding hydrogens is 318 g/mol. The molecule has 1 atom stereocenters. The van der Waals surface area contributed by atoms with E-state index in [9.17, 15) is 4.79 Å². The number of para-hydroxylation sites is 2. The third-order valence-electron chi connectivity index (χ3n) is 4.42. The van der Waals surface area contributed by atoms with E-state index in [0.29, 0.717) is 6.54 Å². The van der Waals surface area contributed by atoms with Crippen LogP contribution in [0.3, 0.4) is 0 Å². The molecule has 1 aromatic heterocycles. The molecule has 1 amide bonds. The highest BCUT2D eigenvalue weighted by Crippen LogP contribution is 2.37. The number of nitrogens with one attached hydrogen (secondary N) is 1. The number of thioether (sulfide) groups is 1. The van der Waals surface area contributed by atoms with Crippen LogP contribution in [0.1, 0.15) is 22.2 Å². The Morgan fingerprint density at radius 3 is 2.92 bits per heavy atom. The van der Waals surface area contributed by atoms with E-state index in [1.807, 2.05) is 37.4 Å². The Kier molecular flexibility index (Phi) is 4.02. The summed E-state index contributed by atoms with van der Waals surface area (Å²) in [5.74, 6) is 1.96. The molecule has 2 aromatic carbocycles. The average Bonchev–Trinajstić information content (AvgIpc) is 3.02. The molecule has 0 fully saturated rings. The summed E-state index contributed by atoms with van der Waals surface area (Å²) in [4.78, 5) is 22.6. The fourth-order valence-corrected chi connectivity index (χ4v) is 4.49. The first-order valence-electron chi connectivity index (χ1n) is 8.10. The highest BCUT2D eigenvalue weighted by molar-refractivity contribution is 8.00. The van der Waals surface area contributed by atoms with Crippen molar-refractivity contribution in [3.63, 3.8) is 0 Å². The second-order valence-electron chi connectivity index (χ2n) is 6.09. The lowest BCUT2D eigenvalue weighted by atomic mass is 10.0. The Labute approximate surface area is 145 Å². The molecule has 0 aliphatic carbocycles. The third-order valence-corrected chi connectivity index (χ3v) is 5.65. The van der Waals surface area contributed by atoms with Crippen molar-refractivity contribution >= 4 is 28.7 Å². The number of hydrogen-bond acceptors (Lipinski definition) is 3. The molecule has 122 valence electrons. The minimum absolute atomic E-state index is 0.107. The third kappa shape index (κ3) is 2.80. The zero-order valence-electron chi connectivity index (χ0n) is 13.5. The van der Waals surface area contributed by atoms with Gasteiger partial charge in [0.1, 0.15) is 11.1 Å². The first kappa shape index (κ1) is 15.3. The van der Waals surface area contributed by atoms with Crippen LogP contribution in [0, 0.1) is 0 Å². The number of hydrogen-bond donors (Lipinski definition) is 1. The van der Waals surface area contributed by atoms with Crippen LogP contribution >= 0.6 is 11.8 Å². The largest absolute Gasteiger partial charge is 0.340 e. The number of fused-ring (bicyclic) bond motifs is 2. The minimum Gasteiger partial charge on any atom is -0.340 e. The number of amides is 1. The molecular formula is C19H19N3OS. The molecule has 0 saturated carbocycles. The zero-order valence-corrected chi connectivity index (χ0v) is 14.3. The van der Waals surface area contributed by atoms with Crippen LogP contribution in [0.15, 0.2) is 48.5 Å². The molecule has 4 nitrogen and oxygen atoms in total. The second-order valence-corrected chi connectivity index (χ2v) is 7.31. The highest BCUT2D eigenvalue weighted by Gasteiger charge is 2.29. The second kappa shape index (κ2) is 6.32. The lowest BCUT2D eigenvalue weighted by Gasteiger charge is -2.28. The maximum atomic E-state index is 12.9. The quantitative estimate of drug-likeness (QED) is 0.795. The van der Waals surface area contributed by atoms with Crippen LogP contribution in [-0.4, -0.2) is 33.6 Å². The number of carbonyl (C=O) groups is 1. The number of H-pyrrole nitrogens is 1. The molecule has 3 aromatic rings. The van der Waals surface area contributed by atoms with Gasteiger partial charge in [0.2, 0.25) is 5.91 Å². The molecule has 4 rings (SSSR count). The summed E-state index contributed by atoms with van der Waals surface area (Å²) in [6.45, 7) is 0.493. The van der Waals surface area contributed by atoms with E-state index in [-0.39, 0.29) is 11.2 Å². The van der Waals surface area contributed by atoms with Gasteiger partial charge in [-0.05, 0) is 35.4 Å². The predicted octanol–water partition coefficient (Wildman–Crippen LogP) is 3.55. The Balaban J connectivity index is 1.54. The van der Waals surface area contributed by atoms with Gasteiger partial charge in [-0.2, -0.15) is 0 Å². The minimum atomic E-state index is -0.107.